The molecule has 2 fully saturated rings. The van der Waals surface area contributed by atoms with E-state index in [-0.39, 0.29) is 5.41 Å². The van der Waals surface area contributed by atoms with Gasteiger partial charge in [-0.25, -0.2) is 0 Å². The first-order valence-corrected chi connectivity index (χ1v) is 6.11. The van der Waals surface area contributed by atoms with E-state index in [0.29, 0.717) is 6.61 Å². The summed E-state index contributed by atoms with van der Waals surface area (Å²) in [6, 6.07) is 0. The van der Waals surface area contributed by atoms with Crippen molar-refractivity contribution in [2.45, 2.75) is 39.0 Å². The summed E-state index contributed by atoms with van der Waals surface area (Å²) in [5, 5.41) is 9.48. The lowest BCUT2D eigenvalue weighted by Crippen LogP contribution is -2.51. The van der Waals surface area contributed by atoms with Crippen LogP contribution in [0, 0.1) is 11.3 Å². The largest absolute Gasteiger partial charge is 0.396 e. The highest BCUT2D eigenvalue weighted by Gasteiger charge is 2.37. The highest BCUT2D eigenvalue weighted by Crippen LogP contribution is 2.39. The maximum atomic E-state index is 9.48. The van der Waals surface area contributed by atoms with E-state index in [1.807, 2.05) is 0 Å². The Kier molecular flexibility index (Phi) is 3.13. The van der Waals surface area contributed by atoms with Crippen molar-refractivity contribution in [2.24, 2.45) is 11.3 Å². The second-order valence-electron chi connectivity index (χ2n) is 5.33. The molecule has 2 nitrogen and oxygen atoms in total. The van der Waals surface area contributed by atoms with E-state index >= 15 is 0 Å². The minimum absolute atomic E-state index is 0.276. The lowest BCUT2D eigenvalue weighted by atomic mass is 9.84. The molecule has 0 aromatic carbocycles. The van der Waals surface area contributed by atoms with E-state index < -0.39 is 0 Å². The maximum absolute atomic E-state index is 9.48. The minimum atomic E-state index is 0.276. The van der Waals surface area contributed by atoms with Gasteiger partial charge in [0.25, 0.3) is 0 Å². The van der Waals surface area contributed by atoms with E-state index in [0.717, 1.165) is 12.5 Å². The Balaban J connectivity index is 1.79. The fourth-order valence-electron chi connectivity index (χ4n) is 3.03. The standard InChI is InChI=1S/C12H23NO/c1-2-11-7-13(8-11)9-12(10-14)5-3-4-6-12/h11,14H,2-10H2,1H3. The van der Waals surface area contributed by atoms with Gasteiger partial charge in [0.1, 0.15) is 0 Å². The van der Waals surface area contributed by atoms with Crippen LogP contribution in [0.15, 0.2) is 0 Å². The molecule has 1 aliphatic carbocycles. The summed E-state index contributed by atoms with van der Waals surface area (Å²) in [5.74, 6) is 0.937. The van der Waals surface area contributed by atoms with Gasteiger partial charge in [-0.15, -0.1) is 0 Å². The third-order valence-electron chi connectivity index (χ3n) is 4.17. The molecule has 14 heavy (non-hydrogen) atoms. The van der Waals surface area contributed by atoms with Crippen LogP contribution >= 0.6 is 0 Å². The fraction of sp³-hybridized carbons (Fsp3) is 1.00. The second kappa shape index (κ2) is 4.19. The molecule has 2 heteroatoms. The molecule has 0 amide bonds. The van der Waals surface area contributed by atoms with Crippen molar-refractivity contribution >= 4 is 0 Å². The lowest BCUT2D eigenvalue weighted by molar-refractivity contribution is 0.0181. The first-order valence-electron chi connectivity index (χ1n) is 6.11. The van der Waals surface area contributed by atoms with Crippen molar-refractivity contribution in [1.82, 2.24) is 4.90 Å². The van der Waals surface area contributed by atoms with Gasteiger partial charge in [0.15, 0.2) is 0 Å². The van der Waals surface area contributed by atoms with Crippen molar-refractivity contribution in [3.8, 4) is 0 Å². The van der Waals surface area contributed by atoms with Gasteiger partial charge in [-0.2, -0.15) is 0 Å². The Morgan fingerprint density at radius 1 is 1.29 bits per heavy atom. The number of likely N-dealkylation sites (tertiary alicyclic amines) is 1. The SMILES string of the molecule is CCC1CN(CC2(CO)CCCC2)C1. The average Bonchev–Trinajstić information content (AvgIpc) is 2.60. The van der Waals surface area contributed by atoms with Crippen LogP contribution in [0.1, 0.15) is 39.0 Å². The van der Waals surface area contributed by atoms with Gasteiger partial charge in [0.05, 0.1) is 0 Å². The quantitative estimate of drug-likeness (QED) is 0.744. The molecule has 0 atom stereocenters. The molecule has 0 spiro atoms. The number of rotatable bonds is 4. The molecule has 2 aliphatic rings. The summed E-state index contributed by atoms with van der Waals surface area (Å²) < 4.78 is 0. The van der Waals surface area contributed by atoms with Gasteiger partial charge in [-0.3, -0.25) is 0 Å². The molecule has 1 saturated carbocycles. The van der Waals surface area contributed by atoms with Crippen molar-refractivity contribution in [3.05, 3.63) is 0 Å². The van der Waals surface area contributed by atoms with Crippen LogP contribution in [0.4, 0.5) is 0 Å². The summed E-state index contributed by atoms with van der Waals surface area (Å²) in [5.41, 5.74) is 0.276. The number of hydrogen-bond acceptors (Lipinski definition) is 2. The summed E-state index contributed by atoms with van der Waals surface area (Å²) >= 11 is 0. The van der Waals surface area contributed by atoms with Crippen molar-refractivity contribution in [3.63, 3.8) is 0 Å². The molecule has 0 bridgehead atoms. The Bertz CT molecular complexity index is 181. The molecular formula is C12H23NO. The zero-order valence-corrected chi connectivity index (χ0v) is 9.34. The molecule has 2 rings (SSSR count). The summed E-state index contributed by atoms with van der Waals surface area (Å²) in [6.45, 7) is 6.39. The van der Waals surface area contributed by atoms with Crippen LogP contribution in [-0.4, -0.2) is 36.2 Å². The van der Waals surface area contributed by atoms with E-state index in [9.17, 15) is 5.11 Å². The Labute approximate surface area is 87.3 Å². The van der Waals surface area contributed by atoms with Crippen molar-refractivity contribution in [1.29, 1.82) is 0 Å². The number of hydrogen-bond donors (Lipinski definition) is 1. The molecule has 82 valence electrons. The van der Waals surface area contributed by atoms with Crippen LogP contribution < -0.4 is 0 Å². The Morgan fingerprint density at radius 3 is 2.43 bits per heavy atom. The monoisotopic (exact) mass is 197 g/mol. The van der Waals surface area contributed by atoms with Crippen molar-refractivity contribution in [2.75, 3.05) is 26.2 Å². The number of aliphatic hydroxyl groups excluding tert-OH is 1. The molecule has 0 unspecified atom stereocenters. The predicted molar refractivity (Wildman–Crippen MR) is 58.2 cm³/mol. The highest BCUT2D eigenvalue weighted by atomic mass is 16.3. The molecule has 1 heterocycles. The van der Waals surface area contributed by atoms with Crippen LogP contribution in [0.5, 0.6) is 0 Å². The van der Waals surface area contributed by atoms with Gasteiger partial charge in [0, 0.05) is 31.7 Å². The van der Waals surface area contributed by atoms with Gasteiger partial charge >= 0.3 is 0 Å². The highest BCUT2D eigenvalue weighted by molar-refractivity contribution is 4.90. The van der Waals surface area contributed by atoms with E-state index in [1.165, 1.54) is 45.2 Å². The van der Waals surface area contributed by atoms with Gasteiger partial charge in [-0.1, -0.05) is 26.2 Å². The number of nitrogens with zero attached hydrogens (tertiary/aromatic N) is 1. The van der Waals surface area contributed by atoms with E-state index in [1.54, 1.807) is 0 Å². The first kappa shape index (κ1) is 10.4. The van der Waals surface area contributed by atoms with E-state index in [2.05, 4.69) is 11.8 Å². The third-order valence-corrected chi connectivity index (χ3v) is 4.17. The van der Waals surface area contributed by atoms with Crippen LogP contribution in [0.25, 0.3) is 0 Å². The van der Waals surface area contributed by atoms with Crippen LogP contribution in [0.3, 0.4) is 0 Å². The molecule has 1 aliphatic heterocycles. The third kappa shape index (κ3) is 1.96. The summed E-state index contributed by atoms with van der Waals surface area (Å²) in [4.78, 5) is 2.54. The average molecular weight is 197 g/mol. The van der Waals surface area contributed by atoms with Crippen LogP contribution in [0.2, 0.25) is 0 Å². The predicted octanol–water partition coefficient (Wildman–Crippen LogP) is 1.88. The van der Waals surface area contributed by atoms with Gasteiger partial charge in [0.2, 0.25) is 0 Å². The molecule has 1 N–H and O–H groups in total. The fourth-order valence-corrected chi connectivity index (χ4v) is 3.03. The Hall–Kier alpha value is -0.0800. The summed E-state index contributed by atoms with van der Waals surface area (Å²) in [7, 11) is 0. The molecule has 0 aromatic heterocycles. The topological polar surface area (TPSA) is 23.5 Å². The zero-order valence-electron chi connectivity index (χ0n) is 9.34. The van der Waals surface area contributed by atoms with E-state index in [4.69, 9.17) is 0 Å². The van der Waals surface area contributed by atoms with Crippen LogP contribution in [-0.2, 0) is 0 Å². The normalized spacial score (nSPS) is 27.9. The molecule has 0 aromatic rings. The maximum Gasteiger partial charge on any atom is 0.0499 e. The number of aliphatic hydroxyl groups is 1. The van der Waals surface area contributed by atoms with Crippen molar-refractivity contribution < 1.29 is 5.11 Å². The Morgan fingerprint density at radius 2 is 1.93 bits per heavy atom. The minimum Gasteiger partial charge on any atom is -0.396 e. The smallest absolute Gasteiger partial charge is 0.0499 e. The molecule has 0 radical (unpaired) electrons. The second-order valence-corrected chi connectivity index (χ2v) is 5.33. The van der Waals surface area contributed by atoms with Gasteiger partial charge < -0.3 is 10.0 Å². The first-order chi connectivity index (χ1) is 6.78. The zero-order chi connectivity index (χ0) is 10.0. The lowest BCUT2D eigenvalue weighted by Gasteiger charge is -2.44. The van der Waals surface area contributed by atoms with Gasteiger partial charge in [-0.05, 0) is 18.8 Å². The molecular weight excluding hydrogens is 174 g/mol. The summed E-state index contributed by atoms with van der Waals surface area (Å²) in [6.07, 6.45) is 6.47. The molecule has 1 saturated heterocycles.